The van der Waals surface area contributed by atoms with Crippen LogP contribution < -0.4 is 10.1 Å². The predicted molar refractivity (Wildman–Crippen MR) is 98.2 cm³/mol. The fourth-order valence-electron chi connectivity index (χ4n) is 3.80. The minimum atomic E-state index is -0.103. The number of nitrogens with zero attached hydrogens (tertiary/aromatic N) is 1. The van der Waals surface area contributed by atoms with Crippen LogP contribution in [-0.2, 0) is 4.79 Å². The SMILES string of the molecule is O=C1CCC2(CCN(C(=O)c3ccccc3Oc3ccccc3)CC2)N1. The first-order valence-electron chi connectivity index (χ1n) is 9.07. The summed E-state index contributed by atoms with van der Waals surface area (Å²) in [4.78, 5) is 26.5. The molecule has 0 bridgehead atoms. The third-order valence-corrected chi connectivity index (χ3v) is 5.33. The Labute approximate surface area is 153 Å². The van der Waals surface area contributed by atoms with Crippen LogP contribution in [0.15, 0.2) is 54.6 Å². The van der Waals surface area contributed by atoms with Crippen molar-refractivity contribution < 1.29 is 14.3 Å². The molecule has 1 N–H and O–H groups in total. The van der Waals surface area contributed by atoms with Crippen molar-refractivity contribution in [2.24, 2.45) is 0 Å². The quantitative estimate of drug-likeness (QED) is 0.923. The first kappa shape index (κ1) is 16.6. The molecule has 0 atom stereocenters. The van der Waals surface area contributed by atoms with Gasteiger partial charge in [0.25, 0.3) is 5.91 Å². The molecule has 26 heavy (non-hydrogen) atoms. The molecule has 0 unspecified atom stereocenters. The molecule has 2 heterocycles. The number of para-hydroxylation sites is 2. The molecular formula is C21H22N2O3. The van der Waals surface area contributed by atoms with E-state index < -0.39 is 0 Å². The molecule has 5 nitrogen and oxygen atoms in total. The molecule has 2 aromatic carbocycles. The average Bonchev–Trinajstić information content (AvgIpc) is 3.03. The number of nitrogens with one attached hydrogen (secondary N) is 1. The highest BCUT2D eigenvalue weighted by Crippen LogP contribution is 2.33. The molecule has 2 aromatic rings. The number of piperidine rings is 1. The number of hydrogen-bond acceptors (Lipinski definition) is 3. The Kier molecular flexibility index (Phi) is 4.37. The number of carbonyl (C=O) groups is 2. The molecule has 4 rings (SSSR count). The van der Waals surface area contributed by atoms with Crippen LogP contribution in [0, 0.1) is 0 Å². The van der Waals surface area contributed by atoms with Gasteiger partial charge in [-0.15, -0.1) is 0 Å². The van der Waals surface area contributed by atoms with Gasteiger partial charge in [0.1, 0.15) is 11.5 Å². The highest BCUT2D eigenvalue weighted by atomic mass is 16.5. The van der Waals surface area contributed by atoms with Gasteiger partial charge in [-0.05, 0) is 43.5 Å². The van der Waals surface area contributed by atoms with Gasteiger partial charge in [-0.3, -0.25) is 9.59 Å². The van der Waals surface area contributed by atoms with Crippen molar-refractivity contribution in [2.45, 2.75) is 31.2 Å². The van der Waals surface area contributed by atoms with Crippen LogP contribution >= 0.6 is 0 Å². The Balaban J connectivity index is 1.48. The lowest BCUT2D eigenvalue weighted by atomic mass is 9.86. The Morgan fingerprint density at radius 2 is 1.65 bits per heavy atom. The minimum Gasteiger partial charge on any atom is -0.457 e. The van der Waals surface area contributed by atoms with Gasteiger partial charge in [0.05, 0.1) is 5.56 Å². The lowest BCUT2D eigenvalue weighted by Gasteiger charge is -2.39. The third kappa shape index (κ3) is 3.29. The number of amides is 2. The average molecular weight is 350 g/mol. The summed E-state index contributed by atoms with van der Waals surface area (Å²) < 4.78 is 5.92. The van der Waals surface area contributed by atoms with E-state index in [9.17, 15) is 9.59 Å². The highest BCUT2D eigenvalue weighted by molar-refractivity contribution is 5.97. The Morgan fingerprint density at radius 3 is 2.35 bits per heavy atom. The second kappa shape index (κ2) is 6.83. The van der Waals surface area contributed by atoms with Crippen molar-refractivity contribution in [1.82, 2.24) is 10.2 Å². The van der Waals surface area contributed by atoms with Crippen LogP contribution in [0.4, 0.5) is 0 Å². The van der Waals surface area contributed by atoms with Crippen molar-refractivity contribution in [3.05, 3.63) is 60.2 Å². The molecule has 2 saturated heterocycles. The number of likely N-dealkylation sites (tertiary alicyclic amines) is 1. The Morgan fingerprint density at radius 1 is 0.962 bits per heavy atom. The molecule has 0 radical (unpaired) electrons. The summed E-state index contributed by atoms with van der Waals surface area (Å²) in [5.41, 5.74) is 0.469. The van der Waals surface area contributed by atoms with Gasteiger partial charge < -0.3 is 15.0 Å². The third-order valence-electron chi connectivity index (χ3n) is 5.33. The van der Waals surface area contributed by atoms with E-state index in [1.165, 1.54) is 0 Å². The van der Waals surface area contributed by atoms with Crippen LogP contribution in [0.1, 0.15) is 36.0 Å². The van der Waals surface area contributed by atoms with E-state index in [1.54, 1.807) is 0 Å². The van der Waals surface area contributed by atoms with E-state index >= 15 is 0 Å². The van der Waals surface area contributed by atoms with Crippen molar-refractivity contribution in [1.29, 1.82) is 0 Å². The highest BCUT2D eigenvalue weighted by Gasteiger charge is 2.41. The lowest BCUT2D eigenvalue weighted by Crippen LogP contribution is -2.52. The van der Waals surface area contributed by atoms with Gasteiger partial charge in [0.2, 0.25) is 5.91 Å². The maximum Gasteiger partial charge on any atom is 0.257 e. The van der Waals surface area contributed by atoms with E-state index in [-0.39, 0.29) is 17.4 Å². The summed E-state index contributed by atoms with van der Waals surface area (Å²) in [6.07, 6.45) is 3.10. The largest absolute Gasteiger partial charge is 0.457 e. The van der Waals surface area contributed by atoms with E-state index in [0.29, 0.717) is 36.6 Å². The van der Waals surface area contributed by atoms with Crippen LogP contribution in [0.5, 0.6) is 11.5 Å². The van der Waals surface area contributed by atoms with E-state index in [0.717, 1.165) is 19.3 Å². The summed E-state index contributed by atoms with van der Waals surface area (Å²) >= 11 is 0. The van der Waals surface area contributed by atoms with Crippen LogP contribution in [0.3, 0.4) is 0 Å². The number of hydrogen-bond donors (Lipinski definition) is 1. The Bertz CT molecular complexity index is 811. The smallest absolute Gasteiger partial charge is 0.257 e. The van der Waals surface area contributed by atoms with Gasteiger partial charge in [-0.2, -0.15) is 0 Å². The normalized spacial score (nSPS) is 18.6. The molecule has 5 heteroatoms. The standard InChI is InChI=1S/C21H22N2O3/c24-19-10-11-21(22-19)12-14-23(15-13-21)20(25)17-8-4-5-9-18(17)26-16-6-2-1-3-7-16/h1-9H,10-15H2,(H,22,24). The molecule has 0 aliphatic carbocycles. The zero-order chi connectivity index (χ0) is 18.0. The minimum absolute atomic E-state index is 0.0179. The van der Waals surface area contributed by atoms with Gasteiger partial charge >= 0.3 is 0 Å². The molecular weight excluding hydrogens is 328 g/mol. The monoisotopic (exact) mass is 350 g/mol. The summed E-state index contributed by atoms with van der Waals surface area (Å²) in [7, 11) is 0. The van der Waals surface area contributed by atoms with Crippen LogP contribution in [-0.4, -0.2) is 35.3 Å². The first-order chi connectivity index (χ1) is 12.7. The maximum atomic E-state index is 13.0. The van der Waals surface area contributed by atoms with E-state index in [1.807, 2.05) is 59.5 Å². The number of rotatable bonds is 3. The first-order valence-corrected chi connectivity index (χ1v) is 9.07. The van der Waals surface area contributed by atoms with Crippen molar-refractivity contribution in [3.63, 3.8) is 0 Å². The second-order valence-corrected chi connectivity index (χ2v) is 7.03. The molecule has 0 aromatic heterocycles. The number of ether oxygens (including phenoxy) is 1. The fraction of sp³-hybridized carbons (Fsp3) is 0.333. The van der Waals surface area contributed by atoms with E-state index in [2.05, 4.69) is 5.32 Å². The van der Waals surface area contributed by atoms with Gasteiger partial charge in [0, 0.05) is 25.0 Å². The van der Waals surface area contributed by atoms with Gasteiger partial charge in [0.15, 0.2) is 0 Å². The molecule has 2 aliphatic heterocycles. The zero-order valence-electron chi connectivity index (χ0n) is 14.6. The number of carbonyl (C=O) groups excluding carboxylic acids is 2. The summed E-state index contributed by atoms with van der Waals surface area (Å²) in [5.74, 6) is 1.39. The molecule has 2 aliphatic rings. The molecule has 0 saturated carbocycles. The van der Waals surface area contributed by atoms with Gasteiger partial charge in [-0.25, -0.2) is 0 Å². The van der Waals surface area contributed by atoms with Crippen LogP contribution in [0.2, 0.25) is 0 Å². The summed E-state index contributed by atoms with van der Waals surface area (Å²) in [6, 6.07) is 16.8. The van der Waals surface area contributed by atoms with Crippen molar-refractivity contribution in [3.8, 4) is 11.5 Å². The van der Waals surface area contributed by atoms with E-state index in [4.69, 9.17) is 4.74 Å². The Hall–Kier alpha value is -2.82. The van der Waals surface area contributed by atoms with Crippen molar-refractivity contribution >= 4 is 11.8 Å². The topological polar surface area (TPSA) is 58.6 Å². The van der Waals surface area contributed by atoms with Crippen LogP contribution in [0.25, 0.3) is 0 Å². The molecule has 134 valence electrons. The molecule has 2 fully saturated rings. The maximum absolute atomic E-state index is 13.0. The number of benzene rings is 2. The lowest BCUT2D eigenvalue weighted by molar-refractivity contribution is -0.120. The zero-order valence-corrected chi connectivity index (χ0v) is 14.6. The fourth-order valence-corrected chi connectivity index (χ4v) is 3.80. The summed E-state index contributed by atoms with van der Waals surface area (Å²) in [6.45, 7) is 1.30. The van der Waals surface area contributed by atoms with Crippen molar-refractivity contribution in [2.75, 3.05) is 13.1 Å². The second-order valence-electron chi connectivity index (χ2n) is 7.03. The van der Waals surface area contributed by atoms with Gasteiger partial charge in [-0.1, -0.05) is 30.3 Å². The summed E-state index contributed by atoms with van der Waals surface area (Å²) in [5, 5.41) is 3.11. The molecule has 1 spiro atoms. The predicted octanol–water partition coefficient (Wildman–Crippen LogP) is 3.36. The molecule has 2 amide bonds.